The molecule has 0 aliphatic rings. The lowest BCUT2D eigenvalue weighted by Gasteiger charge is -2.09. The minimum Gasteiger partial charge on any atom is -0.406 e. The van der Waals surface area contributed by atoms with Gasteiger partial charge in [0, 0.05) is 16.9 Å². The molecule has 136 valence electrons. The van der Waals surface area contributed by atoms with Crippen molar-refractivity contribution in [2.24, 2.45) is 0 Å². The standard InChI is InChI=1S/C16H10ClF3N2O3S/c17-11-1-3-12(4-2-11)22-10-15(9-21)26(23,24)14-7-5-13(6-8-14)25-16(18,19)20/h1-8,10,22H. The zero-order valence-corrected chi connectivity index (χ0v) is 14.4. The Labute approximate surface area is 152 Å². The van der Waals surface area contributed by atoms with Crippen LogP contribution < -0.4 is 10.1 Å². The molecular weight excluding hydrogens is 393 g/mol. The molecule has 2 rings (SSSR count). The van der Waals surface area contributed by atoms with Crippen LogP contribution in [0.4, 0.5) is 18.9 Å². The number of halogens is 4. The van der Waals surface area contributed by atoms with Crippen LogP contribution in [0.2, 0.25) is 5.02 Å². The number of rotatable bonds is 5. The lowest BCUT2D eigenvalue weighted by atomic mass is 10.3. The van der Waals surface area contributed by atoms with E-state index in [1.54, 1.807) is 30.3 Å². The summed E-state index contributed by atoms with van der Waals surface area (Å²) in [5.41, 5.74) is 0.492. The first-order valence-electron chi connectivity index (χ1n) is 6.85. The Morgan fingerprint density at radius 1 is 1.12 bits per heavy atom. The number of ether oxygens (including phenoxy) is 1. The fourth-order valence-electron chi connectivity index (χ4n) is 1.81. The highest BCUT2D eigenvalue weighted by atomic mass is 35.5. The third-order valence-corrected chi connectivity index (χ3v) is 4.91. The van der Waals surface area contributed by atoms with E-state index >= 15 is 0 Å². The van der Waals surface area contributed by atoms with Crippen LogP contribution in [0, 0.1) is 11.3 Å². The number of hydrogen-bond donors (Lipinski definition) is 1. The molecule has 2 aromatic rings. The Bertz CT molecular complexity index is 948. The largest absolute Gasteiger partial charge is 0.573 e. The third-order valence-electron chi connectivity index (χ3n) is 2.98. The molecule has 0 bridgehead atoms. The summed E-state index contributed by atoms with van der Waals surface area (Å²) in [7, 11) is -4.22. The lowest BCUT2D eigenvalue weighted by Crippen LogP contribution is -2.17. The minimum atomic E-state index is -4.89. The van der Waals surface area contributed by atoms with Crippen LogP contribution in [-0.2, 0) is 9.84 Å². The molecule has 0 aliphatic heterocycles. The van der Waals surface area contributed by atoms with Gasteiger partial charge in [-0.25, -0.2) is 8.42 Å². The number of allylic oxidation sites excluding steroid dienone is 1. The molecule has 0 saturated carbocycles. The number of benzene rings is 2. The molecule has 0 aliphatic carbocycles. The predicted octanol–water partition coefficient (Wildman–Crippen LogP) is 4.49. The molecule has 0 aromatic heterocycles. The molecule has 0 saturated heterocycles. The van der Waals surface area contributed by atoms with Crippen molar-refractivity contribution in [3.05, 3.63) is 64.7 Å². The van der Waals surface area contributed by atoms with Crippen molar-refractivity contribution < 1.29 is 26.3 Å². The van der Waals surface area contributed by atoms with Crippen molar-refractivity contribution >= 4 is 27.1 Å². The highest BCUT2D eigenvalue weighted by Gasteiger charge is 2.31. The SMILES string of the molecule is N#CC(=CNc1ccc(Cl)cc1)S(=O)(=O)c1ccc(OC(F)(F)F)cc1. The number of nitrogens with zero attached hydrogens (tertiary/aromatic N) is 1. The maximum absolute atomic E-state index is 12.4. The van der Waals surface area contributed by atoms with Gasteiger partial charge in [0.15, 0.2) is 4.91 Å². The number of nitrogens with one attached hydrogen (secondary N) is 1. The molecular formula is C16H10ClF3N2O3S. The summed E-state index contributed by atoms with van der Waals surface area (Å²) in [5, 5.41) is 12.2. The third kappa shape index (κ3) is 5.15. The van der Waals surface area contributed by atoms with Crippen LogP contribution in [0.5, 0.6) is 5.75 Å². The van der Waals surface area contributed by atoms with E-state index in [9.17, 15) is 21.6 Å². The molecule has 0 atom stereocenters. The van der Waals surface area contributed by atoms with Crippen LogP contribution in [0.1, 0.15) is 0 Å². The quantitative estimate of drug-likeness (QED) is 0.745. The summed E-state index contributed by atoms with van der Waals surface area (Å²) in [6.07, 6.45) is -3.90. The number of sulfone groups is 1. The normalized spacial score (nSPS) is 12.3. The van der Waals surface area contributed by atoms with E-state index in [-0.39, 0.29) is 4.90 Å². The fourth-order valence-corrected chi connectivity index (χ4v) is 3.02. The fraction of sp³-hybridized carbons (Fsp3) is 0.0625. The van der Waals surface area contributed by atoms with E-state index < -0.39 is 26.9 Å². The van der Waals surface area contributed by atoms with Gasteiger partial charge in [-0.3, -0.25) is 0 Å². The zero-order valence-electron chi connectivity index (χ0n) is 12.8. The van der Waals surface area contributed by atoms with Gasteiger partial charge in [0.05, 0.1) is 4.90 Å². The molecule has 26 heavy (non-hydrogen) atoms. The zero-order chi connectivity index (χ0) is 19.4. The molecule has 0 fully saturated rings. The Morgan fingerprint density at radius 3 is 2.19 bits per heavy atom. The maximum atomic E-state index is 12.4. The average molecular weight is 403 g/mol. The summed E-state index contributed by atoms with van der Waals surface area (Å²) in [4.78, 5) is -0.963. The van der Waals surface area contributed by atoms with E-state index in [2.05, 4.69) is 10.1 Å². The van der Waals surface area contributed by atoms with E-state index in [4.69, 9.17) is 16.9 Å². The summed E-state index contributed by atoms with van der Waals surface area (Å²) in [6.45, 7) is 0. The van der Waals surface area contributed by atoms with E-state index in [0.717, 1.165) is 30.5 Å². The number of nitriles is 1. The van der Waals surface area contributed by atoms with Crippen molar-refractivity contribution in [2.45, 2.75) is 11.3 Å². The molecule has 5 nitrogen and oxygen atoms in total. The summed E-state index contributed by atoms with van der Waals surface area (Å²) < 4.78 is 64.9. The van der Waals surface area contributed by atoms with Gasteiger partial charge >= 0.3 is 6.36 Å². The Hall–Kier alpha value is -2.70. The van der Waals surface area contributed by atoms with Crippen molar-refractivity contribution in [3.63, 3.8) is 0 Å². The monoisotopic (exact) mass is 402 g/mol. The topological polar surface area (TPSA) is 79.2 Å². The molecule has 0 heterocycles. The van der Waals surface area contributed by atoms with Crippen molar-refractivity contribution in [3.8, 4) is 11.8 Å². The Morgan fingerprint density at radius 2 is 1.69 bits per heavy atom. The van der Waals surface area contributed by atoms with Gasteiger partial charge < -0.3 is 10.1 Å². The molecule has 1 N–H and O–H groups in total. The summed E-state index contributed by atoms with van der Waals surface area (Å²) in [5.74, 6) is -0.571. The van der Waals surface area contributed by atoms with Gasteiger partial charge in [-0.2, -0.15) is 5.26 Å². The van der Waals surface area contributed by atoms with E-state index in [1.165, 1.54) is 0 Å². The van der Waals surface area contributed by atoms with Gasteiger partial charge in [0.25, 0.3) is 0 Å². The number of alkyl halides is 3. The second kappa shape index (κ2) is 7.68. The molecule has 0 radical (unpaired) electrons. The Kier molecular flexibility index (Phi) is 5.79. The van der Waals surface area contributed by atoms with Gasteiger partial charge in [-0.05, 0) is 48.5 Å². The first-order valence-corrected chi connectivity index (χ1v) is 8.71. The highest BCUT2D eigenvalue weighted by Crippen LogP contribution is 2.26. The van der Waals surface area contributed by atoms with Crippen molar-refractivity contribution in [1.82, 2.24) is 0 Å². The van der Waals surface area contributed by atoms with Crippen LogP contribution in [0.15, 0.2) is 64.5 Å². The number of hydrogen-bond acceptors (Lipinski definition) is 5. The highest BCUT2D eigenvalue weighted by molar-refractivity contribution is 7.95. The lowest BCUT2D eigenvalue weighted by molar-refractivity contribution is -0.274. The molecule has 0 amide bonds. The predicted molar refractivity (Wildman–Crippen MR) is 89.1 cm³/mol. The Balaban J connectivity index is 2.24. The van der Waals surface area contributed by atoms with Gasteiger partial charge in [-0.1, -0.05) is 11.6 Å². The summed E-state index contributed by atoms with van der Waals surface area (Å²) in [6, 6.07) is 11.4. The second-order valence-electron chi connectivity index (χ2n) is 4.79. The molecule has 0 unspecified atom stereocenters. The van der Waals surface area contributed by atoms with Gasteiger partial charge in [0.1, 0.15) is 11.8 Å². The smallest absolute Gasteiger partial charge is 0.406 e. The minimum absolute atomic E-state index is 0.349. The number of anilines is 1. The van der Waals surface area contributed by atoms with Gasteiger partial charge in [0.2, 0.25) is 9.84 Å². The molecule has 2 aromatic carbocycles. The first-order chi connectivity index (χ1) is 12.1. The summed E-state index contributed by atoms with van der Waals surface area (Å²) >= 11 is 5.74. The van der Waals surface area contributed by atoms with Crippen LogP contribution >= 0.6 is 11.6 Å². The van der Waals surface area contributed by atoms with Crippen molar-refractivity contribution in [1.29, 1.82) is 5.26 Å². The molecule has 0 spiro atoms. The van der Waals surface area contributed by atoms with Gasteiger partial charge in [-0.15, -0.1) is 13.2 Å². The first kappa shape index (κ1) is 19.6. The van der Waals surface area contributed by atoms with E-state index in [1.807, 2.05) is 0 Å². The van der Waals surface area contributed by atoms with Crippen LogP contribution in [-0.4, -0.2) is 14.8 Å². The average Bonchev–Trinajstić information content (AvgIpc) is 2.56. The van der Waals surface area contributed by atoms with Crippen molar-refractivity contribution in [2.75, 3.05) is 5.32 Å². The van der Waals surface area contributed by atoms with E-state index in [0.29, 0.717) is 10.7 Å². The second-order valence-corrected chi connectivity index (χ2v) is 7.15. The molecule has 10 heteroatoms. The van der Waals surface area contributed by atoms with Crippen LogP contribution in [0.3, 0.4) is 0 Å². The van der Waals surface area contributed by atoms with Crippen LogP contribution in [0.25, 0.3) is 0 Å². The maximum Gasteiger partial charge on any atom is 0.573 e.